The zero-order chi connectivity index (χ0) is 21.0. The summed E-state index contributed by atoms with van der Waals surface area (Å²) in [5, 5.41) is 13.4. The first-order chi connectivity index (χ1) is 13.8. The standard InChI is InChI=1S/C18H16Cl2N6O2S/c1-10(16(27)23-17(28)22-12-5-3-2-4-6-12)29-18-25-24-15(26(18)21)13-8-7-11(19)9-14(13)20/h2-10H,21H2,1H3,(H2,22,23,27,28). The van der Waals surface area contributed by atoms with E-state index in [9.17, 15) is 9.59 Å². The number of para-hydroxylation sites is 1. The zero-order valence-corrected chi connectivity index (χ0v) is 17.4. The first-order valence-corrected chi connectivity index (χ1v) is 9.98. The number of carbonyl (C=O) groups is 2. The largest absolute Gasteiger partial charge is 0.335 e. The van der Waals surface area contributed by atoms with Crippen LogP contribution < -0.4 is 16.5 Å². The minimum absolute atomic E-state index is 0.289. The number of urea groups is 1. The van der Waals surface area contributed by atoms with Gasteiger partial charge in [0.2, 0.25) is 11.1 Å². The molecule has 150 valence electrons. The van der Waals surface area contributed by atoms with Crippen LogP contribution in [0.5, 0.6) is 0 Å². The van der Waals surface area contributed by atoms with E-state index in [1.807, 2.05) is 6.07 Å². The van der Waals surface area contributed by atoms with Crippen LogP contribution in [0, 0.1) is 0 Å². The molecular formula is C18H16Cl2N6O2S. The number of nitrogens with zero attached hydrogens (tertiary/aromatic N) is 3. The summed E-state index contributed by atoms with van der Waals surface area (Å²) in [5.74, 6) is 5.88. The summed E-state index contributed by atoms with van der Waals surface area (Å²) < 4.78 is 1.23. The fraction of sp³-hybridized carbons (Fsp3) is 0.111. The number of nitrogen functional groups attached to an aromatic ring is 1. The molecule has 0 aliphatic carbocycles. The fourth-order valence-corrected chi connectivity index (χ4v) is 3.58. The second-order valence-electron chi connectivity index (χ2n) is 5.87. The van der Waals surface area contributed by atoms with E-state index in [-0.39, 0.29) is 5.16 Å². The zero-order valence-electron chi connectivity index (χ0n) is 15.1. The van der Waals surface area contributed by atoms with Gasteiger partial charge in [0.15, 0.2) is 5.82 Å². The van der Waals surface area contributed by atoms with E-state index in [4.69, 9.17) is 29.0 Å². The number of halogens is 2. The first-order valence-electron chi connectivity index (χ1n) is 8.34. The van der Waals surface area contributed by atoms with Crippen LogP contribution in [0.2, 0.25) is 10.0 Å². The number of nitrogens with one attached hydrogen (secondary N) is 2. The molecule has 0 radical (unpaired) electrons. The Hall–Kier alpha value is -2.75. The molecule has 0 saturated carbocycles. The Labute approximate surface area is 180 Å². The van der Waals surface area contributed by atoms with Crippen molar-refractivity contribution in [3.8, 4) is 11.4 Å². The summed E-state index contributed by atoms with van der Waals surface area (Å²) in [5.41, 5.74) is 1.13. The molecule has 0 aliphatic heterocycles. The van der Waals surface area contributed by atoms with Crippen molar-refractivity contribution in [1.82, 2.24) is 20.2 Å². The predicted octanol–water partition coefficient (Wildman–Crippen LogP) is 3.79. The Morgan fingerprint density at radius 2 is 1.86 bits per heavy atom. The third kappa shape index (κ3) is 5.20. The number of anilines is 1. The van der Waals surface area contributed by atoms with Crippen LogP contribution in [0.3, 0.4) is 0 Å². The second kappa shape index (κ2) is 9.17. The molecule has 4 N–H and O–H groups in total. The Balaban J connectivity index is 1.64. The van der Waals surface area contributed by atoms with Gasteiger partial charge in [0.05, 0.1) is 10.3 Å². The van der Waals surface area contributed by atoms with Gasteiger partial charge in [-0.15, -0.1) is 10.2 Å². The number of amides is 3. The summed E-state index contributed by atoms with van der Waals surface area (Å²) in [7, 11) is 0. The molecule has 3 rings (SSSR count). The number of benzene rings is 2. The molecule has 1 aromatic heterocycles. The fourth-order valence-electron chi connectivity index (χ4n) is 2.32. The Morgan fingerprint density at radius 1 is 1.14 bits per heavy atom. The van der Waals surface area contributed by atoms with Crippen LogP contribution in [0.15, 0.2) is 53.7 Å². The van der Waals surface area contributed by atoms with Gasteiger partial charge in [0.25, 0.3) is 0 Å². The third-order valence-corrected chi connectivity index (χ3v) is 5.36. The predicted molar refractivity (Wildman–Crippen MR) is 115 cm³/mol. The minimum atomic E-state index is -0.656. The lowest BCUT2D eigenvalue weighted by atomic mass is 10.2. The Morgan fingerprint density at radius 3 is 2.55 bits per heavy atom. The number of hydrogen-bond acceptors (Lipinski definition) is 6. The highest BCUT2D eigenvalue weighted by atomic mass is 35.5. The topological polar surface area (TPSA) is 115 Å². The van der Waals surface area contributed by atoms with Crippen molar-refractivity contribution < 1.29 is 9.59 Å². The lowest BCUT2D eigenvalue weighted by Gasteiger charge is -2.11. The second-order valence-corrected chi connectivity index (χ2v) is 8.02. The Kier molecular flexibility index (Phi) is 6.63. The van der Waals surface area contributed by atoms with Crippen LogP contribution in [-0.2, 0) is 4.79 Å². The quantitative estimate of drug-likeness (QED) is 0.402. The average molecular weight is 451 g/mol. The van der Waals surface area contributed by atoms with Gasteiger partial charge in [0, 0.05) is 16.3 Å². The molecule has 29 heavy (non-hydrogen) atoms. The van der Waals surface area contributed by atoms with Crippen molar-refractivity contribution in [2.24, 2.45) is 0 Å². The molecule has 3 aromatic rings. The van der Waals surface area contributed by atoms with Gasteiger partial charge in [-0.05, 0) is 37.3 Å². The maximum atomic E-state index is 12.3. The van der Waals surface area contributed by atoms with Crippen molar-refractivity contribution in [3.05, 3.63) is 58.6 Å². The molecule has 0 bridgehead atoms. The summed E-state index contributed by atoms with van der Waals surface area (Å²) >= 11 is 13.1. The van der Waals surface area contributed by atoms with Crippen LogP contribution >= 0.6 is 35.0 Å². The smallest absolute Gasteiger partial charge is 0.325 e. The number of thioether (sulfide) groups is 1. The minimum Gasteiger partial charge on any atom is -0.335 e. The number of aromatic nitrogens is 3. The Bertz CT molecular complexity index is 1040. The summed E-state index contributed by atoms with van der Waals surface area (Å²) in [6, 6.07) is 13.1. The lowest BCUT2D eigenvalue weighted by Crippen LogP contribution is -2.39. The molecule has 0 saturated heterocycles. The SMILES string of the molecule is CC(Sc1nnc(-c2ccc(Cl)cc2Cl)n1N)C(=O)NC(=O)Nc1ccccc1. The summed E-state index contributed by atoms with van der Waals surface area (Å²) in [4.78, 5) is 24.3. The van der Waals surface area contributed by atoms with Crippen molar-refractivity contribution in [1.29, 1.82) is 0 Å². The molecule has 0 aliphatic rings. The summed E-state index contributed by atoms with van der Waals surface area (Å²) in [6.07, 6.45) is 0. The van der Waals surface area contributed by atoms with Crippen molar-refractivity contribution in [3.63, 3.8) is 0 Å². The maximum Gasteiger partial charge on any atom is 0.325 e. The van der Waals surface area contributed by atoms with E-state index < -0.39 is 17.2 Å². The maximum absolute atomic E-state index is 12.3. The number of hydrogen-bond donors (Lipinski definition) is 3. The van der Waals surface area contributed by atoms with E-state index in [1.54, 1.807) is 49.4 Å². The normalized spacial score (nSPS) is 11.7. The highest BCUT2D eigenvalue weighted by molar-refractivity contribution is 8.00. The number of carbonyl (C=O) groups excluding carboxylic acids is 2. The monoisotopic (exact) mass is 450 g/mol. The van der Waals surface area contributed by atoms with Gasteiger partial charge in [-0.2, -0.15) is 0 Å². The highest BCUT2D eigenvalue weighted by Crippen LogP contribution is 2.31. The van der Waals surface area contributed by atoms with Gasteiger partial charge in [-0.25, -0.2) is 9.47 Å². The first kappa shape index (κ1) is 21.0. The van der Waals surface area contributed by atoms with Gasteiger partial charge >= 0.3 is 6.03 Å². The average Bonchev–Trinajstić information content (AvgIpc) is 3.02. The van der Waals surface area contributed by atoms with Crippen LogP contribution in [0.4, 0.5) is 10.5 Å². The van der Waals surface area contributed by atoms with E-state index in [0.717, 1.165) is 11.8 Å². The third-order valence-electron chi connectivity index (χ3n) is 3.76. The molecule has 0 spiro atoms. The van der Waals surface area contributed by atoms with Gasteiger partial charge in [0.1, 0.15) is 0 Å². The van der Waals surface area contributed by atoms with Crippen molar-refractivity contribution in [2.45, 2.75) is 17.3 Å². The summed E-state index contributed by atoms with van der Waals surface area (Å²) in [6.45, 7) is 1.62. The van der Waals surface area contributed by atoms with Crippen molar-refractivity contribution >= 4 is 52.6 Å². The molecule has 3 amide bonds. The molecule has 1 unspecified atom stereocenters. The number of rotatable bonds is 5. The van der Waals surface area contributed by atoms with Crippen LogP contribution in [0.1, 0.15) is 6.92 Å². The molecule has 1 heterocycles. The molecule has 2 aromatic carbocycles. The highest BCUT2D eigenvalue weighted by Gasteiger charge is 2.22. The number of nitrogens with two attached hydrogens (primary N) is 1. The molecule has 11 heteroatoms. The van der Waals surface area contributed by atoms with E-state index in [1.165, 1.54) is 4.68 Å². The molecule has 8 nitrogen and oxygen atoms in total. The van der Waals surface area contributed by atoms with Gasteiger partial charge in [-0.3, -0.25) is 10.1 Å². The van der Waals surface area contributed by atoms with Gasteiger partial charge < -0.3 is 11.2 Å². The van der Waals surface area contributed by atoms with Crippen LogP contribution in [-0.4, -0.2) is 32.1 Å². The molecule has 1 atom stereocenters. The molecule has 0 fully saturated rings. The van der Waals surface area contributed by atoms with Crippen LogP contribution in [0.25, 0.3) is 11.4 Å². The van der Waals surface area contributed by atoms with Gasteiger partial charge in [-0.1, -0.05) is 53.2 Å². The van der Waals surface area contributed by atoms with Crippen molar-refractivity contribution in [2.75, 3.05) is 11.2 Å². The van der Waals surface area contributed by atoms with E-state index in [0.29, 0.717) is 27.1 Å². The van der Waals surface area contributed by atoms with E-state index in [2.05, 4.69) is 20.8 Å². The van der Waals surface area contributed by atoms with E-state index >= 15 is 0 Å². The number of imide groups is 1. The lowest BCUT2D eigenvalue weighted by molar-refractivity contribution is -0.119. The molecular weight excluding hydrogens is 435 g/mol.